The lowest BCUT2D eigenvalue weighted by Crippen LogP contribution is -2.51. The lowest BCUT2D eigenvalue weighted by Gasteiger charge is -2.42. The summed E-state index contributed by atoms with van der Waals surface area (Å²) in [5.41, 5.74) is 6.26. The molecule has 1 atom stereocenters. The number of rotatable bonds is 5. The van der Waals surface area contributed by atoms with Gasteiger partial charge < -0.3 is 15.5 Å². The van der Waals surface area contributed by atoms with E-state index in [0.29, 0.717) is 16.7 Å². The molecule has 0 saturated carbocycles. The van der Waals surface area contributed by atoms with E-state index in [4.69, 9.17) is 5.73 Å². The molecule has 35 heavy (non-hydrogen) atoms. The van der Waals surface area contributed by atoms with E-state index in [-0.39, 0.29) is 11.6 Å². The third kappa shape index (κ3) is 6.71. The van der Waals surface area contributed by atoms with Crippen LogP contribution in [0.25, 0.3) is 0 Å². The van der Waals surface area contributed by atoms with E-state index in [9.17, 15) is 9.59 Å². The van der Waals surface area contributed by atoms with Gasteiger partial charge in [-0.25, -0.2) is 9.97 Å². The Kier molecular flexibility index (Phi) is 10.3. The highest BCUT2D eigenvalue weighted by Crippen LogP contribution is 2.28. The van der Waals surface area contributed by atoms with Crippen molar-refractivity contribution in [2.45, 2.75) is 44.7 Å². The van der Waals surface area contributed by atoms with Crippen molar-refractivity contribution in [1.82, 2.24) is 19.8 Å². The number of piperidine rings is 1. The molecule has 2 aromatic rings. The zero-order valence-electron chi connectivity index (χ0n) is 20.4. The molecule has 1 aromatic heterocycles. The number of alkyl halides is 1. The van der Waals surface area contributed by atoms with Crippen molar-refractivity contribution >= 4 is 45.2 Å². The van der Waals surface area contributed by atoms with Crippen LogP contribution >= 0.6 is 27.5 Å². The maximum absolute atomic E-state index is 12.8. The molecule has 2 amide bonds. The Morgan fingerprint density at radius 2 is 1.80 bits per heavy atom. The fraction of sp³-hybridized carbons (Fsp3) is 0.520. The third-order valence-corrected chi connectivity index (χ3v) is 7.25. The Bertz CT molecular complexity index is 987. The number of amides is 2. The highest BCUT2D eigenvalue weighted by atomic mass is 79.9. The second-order valence-electron chi connectivity index (χ2n) is 8.72. The quantitative estimate of drug-likeness (QED) is 0.554. The van der Waals surface area contributed by atoms with Gasteiger partial charge in [-0.1, -0.05) is 25.1 Å². The molecule has 1 aromatic carbocycles. The SMILES string of the molecule is CCC1CN(c2ncc(C(N)=O)nc2Br)CCCN1C1CCN(C(=O)c2ccccc2)CC1.CCl. The van der Waals surface area contributed by atoms with Crippen LogP contribution in [0, 0.1) is 0 Å². The lowest BCUT2D eigenvalue weighted by molar-refractivity contribution is 0.0549. The summed E-state index contributed by atoms with van der Waals surface area (Å²) in [4.78, 5) is 39.9. The molecule has 0 radical (unpaired) electrons. The van der Waals surface area contributed by atoms with Crippen LogP contribution < -0.4 is 10.6 Å². The summed E-state index contributed by atoms with van der Waals surface area (Å²) >= 11 is 8.11. The first-order chi connectivity index (χ1) is 17.0. The van der Waals surface area contributed by atoms with Gasteiger partial charge in [0, 0.05) is 56.8 Å². The lowest BCUT2D eigenvalue weighted by atomic mass is 9.99. The maximum Gasteiger partial charge on any atom is 0.268 e. The van der Waals surface area contributed by atoms with Gasteiger partial charge in [-0.05, 0) is 53.7 Å². The molecule has 190 valence electrons. The standard InChI is InChI=1S/C24H31BrN6O2.CH3Cl/c1-2-18-16-30(23-21(25)28-20(15-27-23)22(26)32)11-6-12-31(18)19-9-13-29(14-10-19)24(33)17-7-4-3-5-8-17;1-2/h3-5,7-8,15,18-19H,2,6,9-14,16H2,1H3,(H2,26,32);1H3. The minimum atomic E-state index is -0.583. The summed E-state index contributed by atoms with van der Waals surface area (Å²) < 4.78 is 0.551. The van der Waals surface area contributed by atoms with Crippen molar-refractivity contribution in [3.05, 3.63) is 52.4 Å². The average molecular weight is 566 g/mol. The molecule has 2 aliphatic heterocycles. The number of hydrogen-bond acceptors (Lipinski definition) is 6. The number of nitrogens with two attached hydrogens (primary N) is 1. The van der Waals surface area contributed by atoms with Gasteiger partial charge in [0.2, 0.25) is 0 Å². The molecular formula is C25H34BrClN6O2. The van der Waals surface area contributed by atoms with Gasteiger partial charge in [0.1, 0.15) is 10.3 Å². The van der Waals surface area contributed by atoms with Crippen LogP contribution in [-0.4, -0.2) is 82.8 Å². The molecule has 2 saturated heterocycles. The van der Waals surface area contributed by atoms with E-state index in [1.807, 2.05) is 35.2 Å². The Morgan fingerprint density at radius 3 is 2.40 bits per heavy atom. The van der Waals surface area contributed by atoms with E-state index < -0.39 is 5.91 Å². The molecule has 0 bridgehead atoms. The van der Waals surface area contributed by atoms with E-state index >= 15 is 0 Å². The minimum Gasteiger partial charge on any atom is -0.364 e. The molecular weight excluding hydrogens is 532 g/mol. The van der Waals surface area contributed by atoms with Crippen LogP contribution in [0.1, 0.15) is 53.5 Å². The number of hydrogen-bond donors (Lipinski definition) is 1. The first kappa shape index (κ1) is 27.4. The van der Waals surface area contributed by atoms with E-state index in [0.717, 1.165) is 69.8 Å². The Balaban J connectivity index is 0.00000167. The molecule has 10 heteroatoms. The summed E-state index contributed by atoms with van der Waals surface area (Å²) in [7, 11) is 0. The van der Waals surface area contributed by atoms with Gasteiger partial charge in [0.15, 0.2) is 5.82 Å². The summed E-state index contributed by atoms with van der Waals surface area (Å²) in [6.07, 6.45) is 6.96. The highest BCUT2D eigenvalue weighted by molar-refractivity contribution is 9.10. The number of halogens is 2. The first-order valence-electron chi connectivity index (χ1n) is 12.0. The number of benzene rings is 1. The van der Waals surface area contributed by atoms with E-state index in [1.54, 1.807) is 0 Å². The van der Waals surface area contributed by atoms with Gasteiger partial charge in [-0.15, -0.1) is 11.6 Å². The predicted molar refractivity (Wildman–Crippen MR) is 143 cm³/mol. The average Bonchev–Trinajstić information content (AvgIpc) is 3.12. The number of anilines is 1. The molecule has 4 rings (SSSR count). The number of carbonyl (C=O) groups is 2. The highest BCUT2D eigenvalue weighted by Gasteiger charge is 2.33. The minimum absolute atomic E-state index is 0.131. The van der Waals surface area contributed by atoms with Crippen molar-refractivity contribution in [1.29, 1.82) is 0 Å². The summed E-state index contributed by atoms with van der Waals surface area (Å²) in [5.74, 6) is 0.301. The Hall–Kier alpha value is -2.23. The van der Waals surface area contributed by atoms with Crippen molar-refractivity contribution in [3.63, 3.8) is 0 Å². The fourth-order valence-corrected chi connectivity index (χ4v) is 5.51. The van der Waals surface area contributed by atoms with Gasteiger partial charge in [0.25, 0.3) is 11.8 Å². The van der Waals surface area contributed by atoms with Crippen LogP contribution in [0.4, 0.5) is 5.82 Å². The van der Waals surface area contributed by atoms with Crippen molar-refractivity contribution < 1.29 is 9.59 Å². The van der Waals surface area contributed by atoms with Crippen LogP contribution in [-0.2, 0) is 0 Å². The van der Waals surface area contributed by atoms with E-state index in [2.05, 4.69) is 54.2 Å². The van der Waals surface area contributed by atoms with Crippen molar-refractivity contribution in [3.8, 4) is 0 Å². The van der Waals surface area contributed by atoms with Crippen LogP contribution in [0.15, 0.2) is 41.1 Å². The normalized spacial score (nSPS) is 19.5. The summed E-state index contributed by atoms with van der Waals surface area (Å²) in [6.45, 7) is 6.56. The third-order valence-electron chi connectivity index (χ3n) is 6.72. The largest absolute Gasteiger partial charge is 0.364 e. The molecule has 8 nitrogen and oxygen atoms in total. The molecule has 2 N–H and O–H groups in total. The number of aromatic nitrogens is 2. The Morgan fingerprint density at radius 1 is 1.11 bits per heavy atom. The fourth-order valence-electron chi connectivity index (χ4n) is 4.97. The van der Waals surface area contributed by atoms with Crippen LogP contribution in [0.2, 0.25) is 0 Å². The van der Waals surface area contributed by atoms with Gasteiger partial charge in [0.05, 0.1) is 6.20 Å². The molecule has 0 aliphatic carbocycles. The molecule has 2 fully saturated rings. The smallest absolute Gasteiger partial charge is 0.268 e. The zero-order valence-corrected chi connectivity index (χ0v) is 22.7. The zero-order chi connectivity index (χ0) is 25.4. The monoisotopic (exact) mass is 564 g/mol. The van der Waals surface area contributed by atoms with Gasteiger partial charge in [-0.2, -0.15) is 0 Å². The van der Waals surface area contributed by atoms with E-state index in [1.165, 1.54) is 12.6 Å². The first-order valence-corrected chi connectivity index (χ1v) is 13.6. The van der Waals surface area contributed by atoms with Gasteiger partial charge >= 0.3 is 0 Å². The predicted octanol–water partition coefficient (Wildman–Crippen LogP) is 3.79. The van der Waals surface area contributed by atoms with Crippen LogP contribution in [0.5, 0.6) is 0 Å². The number of nitrogens with zero attached hydrogens (tertiary/aromatic N) is 5. The van der Waals surface area contributed by atoms with Crippen molar-refractivity contribution in [2.24, 2.45) is 5.73 Å². The molecule has 2 aliphatic rings. The van der Waals surface area contributed by atoms with Crippen LogP contribution in [0.3, 0.4) is 0 Å². The second-order valence-corrected chi connectivity index (χ2v) is 9.47. The topological polar surface area (TPSA) is 95.7 Å². The number of primary amides is 1. The summed E-state index contributed by atoms with van der Waals surface area (Å²) in [6, 6.07) is 10.4. The number of likely N-dealkylation sites (tertiary alicyclic amines) is 1. The van der Waals surface area contributed by atoms with Crippen molar-refractivity contribution in [2.75, 3.05) is 44.0 Å². The second kappa shape index (κ2) is 13.2. The van der Waals surface area contributed by atoms with Gasteiger partial charge in [-0.3, -0.25) is 14.5 Å². The summed E-state index contributed by atoms with van der Waals surface area (Å²) in [5, 5.41) is 0. The molecule has 1 unspecified atom stereocenters. The molecule has 0 spiro atoms. The Labute approximate surface area is 221 Å². The maximum atomic E-state index is 12.8. The number of carbonyl (C=O) groups excluding carboxylic acids is 2. The molecule has 3 heterocycles.